The Labute approximate surface area is 250 Å². The van der Waals surface area contributed by atoms with Crippen LogP contribution < -0.4 is 19.7 Å². The number of phenolic OH excluding ortho intramolecular Hbond substituents is 1. The highest BCUT2D eigenvalue weighted by molar-refractivity contribution is 6.04. The molecule has 0 bridgehead atoms. The van der Waals surface area contributed by atoms with Gasteiger partial charge in [-0.3, -0.25) is 0 Å². The van der Waals surface area contributed by atoms with Gasteiger partial charge in [0.25, 0.3) is 0 Å². The Morgan fingerprint density at radius 3 is 2.79 bits per heavy atom. The first-order chi connectivity index (χ1) is 20.8. The molecule has 2 aromatic carbocycles. The molecule has 3 aliphatic rings. The lowest BCUT2D eigenvalue weighted by atomic mass is 9.94. The van der Waals surface area contributed by atoms with E-state index in [1.54, 1.807) is 12.1 Å². The number of phenols is 1. The van der Waals surface area contributed by atoms with E-state index in [4.69, 9.17) is 19.4 Å². The van der Waals surface area contributed by atoms with Crippen LogP contribution in [0.2, 0.25) is 0 Å². The number of nitrogens with one attached hydrogen (secondary N) is 1. The van der Waals surface area contributed by atoms with Crippen LogP contribution in [0.3, 0.4) is 0 Å². The molecule has 4 atom stereocenters. The lowest BCUT2D eigenvalue weighted by Gasteiger charge is -2.30. The summed E-state index contributed by atoms with van der Waals surface area (Å²) in [7, 11) is 0. The van der Waals surface area contributed by atoms with E-state index in [-0.39, 0.29) is 34.9 Å². The van der Waals surface area contributed by atoms with E-state index in [1.807, 2.05) is 19.9 Å². The quantitative estimate of drug-likeness (QED) is 0.263. The maximum absolute atomic E-state index is 16.9. The van der Waals surface area contributed by atoms with Gasteiger partial charge >= 0.3 is 0 Å². The van der Waals surface area contributed by atoms with E-state index >= 15 is 8.78 Å². The SMILES string of the molecule is CCc1c(F)ccc2cc(O)cc(-c3nc4c5c(cc(OC(C)C6CNC(C)C6)nc5c3F)N3CCCCCC3CO4)c12. The van der Waals surface area contributed by atoms with E-state index in [2.05, 4.69) is 17.1 Å². The second-order valence-electron chi connectivity index (χ2n) is 12.4. The molecule has 2 fully saturated rings. The Bertz CT molecular complexity index is 1710. The van der Waals surface area contributed by atoms with Gasteiger partial charge in [-0.25, -0.2) is 18.7 Å². The maximum Gasteiger partial charge on any atom is 0.225 e. The molecule has 0 amide bonds. The van der Waals surface area contributed by atoms with Gasteiger partial charge in [-0.2, -0.15) is 0 Å². The number of aromatic hydroxyl groups is 1. The summed E-state index contributed by atoms with van der Waals surface area (Å²) >= 11 is 0. The van der Waals surface area contributed by atoms with Crippen LogP contribution in [0.15, 0.2) is 30.3 Å². The summed E-state index contributed by atoms with van der Waals surface area (Å²) in [6, 6.07) is 8.45. The standard InChI is InChI=1S/C34H38F2N4O3/c1-4-24-26(35)10-9-20-13-23(41)14-25(29(20)24)32-31(36)33-30-27(15-28(38-33)43-19(3)21-12-18(2)37-16-21)40-11-7-5-6-8-22(40)17-42-34(30)39-32/h9-10,13-15,18-19,21-22,37,41H,4-8,11-12,16-17H2,1-3H3. The minimum atomic E-state index is -0.649. The van der Waals surface area contributed by atoms with Crippen molar-refractivity contribution in [2.45, 2.75) is 77.5 Å². The summed E-state index contributed by atoms with van der Waals surface area (Å²) in [6.07, 6.45) is 5.49. The molecular formula is C34H38F2N4O3. The molecule has 9 heteroatoms. The van der Waals surface area contributed by atoms with Crippen LogP contribution >= 0.6 is 0 Å². The normalized spacial score (nSPS) is 22.6. The van der Waals surface area contributed by atoms with Gasteiger partial charge in [-0.1, -0.05) is 25.8 Å². The van der Waals surface area contributed by atoms with Crippen molar-refractivity contribution in [3.05, 3.63) is 47.5 Å². The largest absolute Gasteiger partial charge is 0.508 e. The Hall–Kier alpha value is -3.72. The third-order valence-corrected chi connectivity index (χ3v) is 9.53. The van der Waals surface area contributed by atoms with E-state index in [0.717, 1.165) is 50.9 Å². The van der Waals surface area contributed by atoms with Crippen LogP contribution in [0.4, 0.5) is 14.5 Å². The van der Waals surface area contributed by atoms with Crippen molar-refractivity contribution in [1.82, 2.24) is 15.3 Å². The number of aryl methyl sites for hydroxylation is 1. The zero-order chi connectivity index (χ0) is 29.8. The number of rotatable bonds is 5. The van der Waals surface area contributed by atoms with Gasteiger partial charge < -0.3 is 24.8 Å². The van der Waals surface area contributed by atoms with Gasteiger partial charge in [0.05, 0.1) is 17.1 Å². The first-order valence-corrected chi connectivity index (χ1v) is 15.6. The second-order valence-corrected chi connectivity index (χ2v) is 12.4. The Balaban J connectivity index is 1.46. The predicted octanol–water partition coefficient (Wildman–Crippen LogP) is 6.90. The predicted molar refractivity (Wildman–Crippen MR) is 164 cm³/mol. The van der Waals surface area contributed by atoms with Gasteiger partial charge in [0, 0.05) is 36.7 Å². The van der Waals surface area contributed by atoms with E-state index < -0.39 is 5.82 Å². The molecule has 4 unspecified atom stereocenters. The molecule has 4 aromatic rings. The molecule has 0 aliphatic carbocycles. The first-order valence-electron chi connectivity index (χ1n) is 15.6. The van der Waals surface area contributed by atoms with Crippen molar-refractivity contribution in [3.63, 3.8) is 0 Å². The number of anilines is 1. The van der Waals surface area contributed by atoms with E-state index in [0.29, 0.717) is 64.0 Å². The van der Waals surface area contributed by atoms with Crippen LogP contribution in [0.25, 0.3) is 32.9 Å². The zero-order valence-corrected chi connectivity index (χ0v) is 24.9. The molecule has 2 N–H and O–H groups in total. The number of ether oxygens (including phenoxy) is 2. The van der Waals surface area contributed by atoms with E-state index in [9.17, 15) is 5.11 Å². The van der Waals surface area contributed by atoms with Gasteiger partial charge in [0.2, 0.25) is 11.8 Å². The number of fused-ring (bicyclic) bond motifs is 3. The molecular weight excluding hydrogens is 550 g/mol. The molecule has 2 saturated heterocycles. The molecule has 2 aromatic heterocycles. The average Bonchev–Trinajstić information content (AvgIpc) is 3.21. The molecule has 43 heavy (non-hydrogen) atoms. The highest BCUT2D eigenvalue weighted by Crippen LogP contribution is 2.45. The van der Waals surface area contributed by atoms with Gasteiger partial charge in [0.1, 0.15) is 35.5 Å². The van der Waals surface area contributed by atoms with Crippen LogP contribution in [0, 0.1) is 17.6 Å². The molecule has 0 spiro atoms. The number of hydrogen-bond donors (Lipinski definition) is 2. The zero-order valence-electron chi connectivity index (χ0n) is 24.9. The van der Waals surface area contributed by atoms with Crippen LogP contribution in [0.5, 0.6) is 17.5 Å². The number of benzene rings is 2. The van der Waals surface area contributed by atoms with Crippen molar-refractivity contribution in [1.29, 1.82) is 0 Å². The highest BCUT2D eigenvalue weighted by atomic mass is 19.1. The summed E-state index contributed by atoms with van der Waals surface area (Å²) in [4.78, 5) is 11.8. The lowest BCUT2D eigenvalue weighted by molar-refractivity contribution is 0.154. The van der Waals surface area contributed by atoms with Crippen LogP contribution in [0.1, 0.15) is 58.4 Å². The molecule has 0 radical (unpaired) electrons. The highest BCUT2D eigenvalue weighted by Gasteiger charge is 2.33. The van der Waals surface area contributed by atoms with Gasteiger partial charge in [-0.15, -0.1) is 0 Å². The maximum atomic E-state index is 16.9. The van der Waals surface area contributed by atoms with Crippen molar-refractivity contribution >= 4 is 27.4 Å². The summed E-state index contributed by atoms with van der Waals surface area (Å²) < 4.78 is 44.8. The average molecular weight is 589 g/mol. The molecule has 7 nitrogen and oxygen atoms in total. The number of aromatic nitrogens is 2. The smallest absolute Gasteiger partial charge is 0.225 e. The molecule has 226 valence electrons. The second kappa shape index (κ2) is 11.1. The first kappa shape index (κ1) is 28.1. The number of pyridine rings is 2. The van der Waals surface area contributed by atoms with Crippen LogP contribution in [-0.2, 0) is 6.42 Å². The summed E-state index contributed by atoms with van der Waals surface area (Å²) in [5.41, 5.74) is 1.64. The van der Waals surface area contributed by atoms with Crippen molar-refractivity contribution in [2.75, 3.05) is 24.6 Å². The third kappa shape index (κ3) is 4.91. The minimum Gasteiger partial charge on any atom is -0.508 e. The monoisotopic (exact) mass is 588 g/mol. The van der Waals surface area contributed by atoms with Crippen molar-refractivity contribution < 1.29 is 23.4 Å². The molecule has 7 rings (SSSR count). The van der Waals surface area contributed by atoms with Crippen molar-refractivity contribution in [2.24, 2.45) is 5.92 Å². The number of halogens is 2. The molecule has 5 heterocycles. The Morgan fingerprint density at radius 2 is 2.00 bits per heavy atom. The topological polar surface area (TPSA) is 79.7 Å². The van der Waals surface area contributed by atoms with Gasteiger partial charge in [0.15, 0.2) is 5.82 Å². The number of nitrogens with zero attached hydrogens (tertiary/aromatic N) is 3. The summed E-state index contributed by atoms with van der Waals surface area (Å²) in [5.74, 6) is -0.119. The third-order valence-electron chi connectivity index (χ3n) is 9.53. The molecule has 3 aliphatic heterocycles. The Morgan fingerprint density at radius 1 is 1.14 bits per heavy atom. The van der Waals surface area contributed by atoms with Crippen LogP contribution in [-0.4, -0.2) is 53.0 Å². The van der Waals surface area contributed by atoms with Gasteiger partial charge in [-0.05, 0) is 74.1 Å². The fourth-order valence-electron chi connectivity index (χ4n) is 7.26. The number of hydrogen-bond acceptors (Lipinski definition) is 7. The van der Waals surface area contributed by atoms with E-state index in [1.165, 1.54) is 12.1 Å². The molecule has 0 saturated carbocycles. The minimum absolute atomic E-state index is 0.0294. The lowest BCUT2D eigenvalue weighted by Crippen LogP contribution is -2.38. The summed E-state index contributed by atoms with van der Waals surface area (Å²) in [5, 5.41) is 15.8. The fraction of sp³-hybridized carbons (Fsp3) is 0.471. The Kier molecular flexibility index (Phi) is 7.24. The van der Waals surface area contributed by atoms with Crippen molar-refractivity contribution in [3.8, 4) is 28.8 Å². The summed E-state index contributed by atoms with van der Waals surface area (Å²) in [6.45, 7) is 8.17. The fourth-order valence-corrected chi connectivity index (χ4v) is 7.26.